The number of benzene rings is 4. The van der Waals surface area contributed by atoms with Crippen molar-refractivity contribution in [3.63, 3.8) is 0 Å². The van der Waals surface area contributed by atoms with E-state index in [0.29, 0.717) is 32.9 Å². The molecule has 0 bridgehead atoms. The fourth-order valence-electron chi connectivity index (χ4n) is 5.83. The van der Waals surface area contributed by atoms with Crippen LogP contribution in [0.2, 0.25) is 20.1 Å². The van der Waals surface area contributed by atoms with Crippen LogP contribution in [0, 0.1) is 0 Å². The lowest BCUT2D eigenvalue weighted by Crippen LogP contribution is -2.41. The van der Waals surface area contributed by atoms with Gasteiger partial charge in [-0.1, -0.05) is 94.9 Å². The number of carboxylic acids is 1. The number of halogens is 4. The molecule has 0 aliphatic carbocycles. The van der Waals surface area contributed by atoms with Gasteiger partial charge in [-0.2, -0.15) is 0 Å². The zero-order chi connectivity index (χ0) is 44.4. The molecule has 0 aliphatic heterocycles. The fourth-order valence-corrected chi connectivity index (χ4v) is 6.63. The Balaban J connectivity index is 0.000000320. The van der Waals surface area contributed by atoms with Gasteiger partial charge in [0, 0.05) is 49.7 Å². The van der Waals surface area contributed by atoms with Crippen molar-refractivity contribution in [3.8, 4) is 22.3 Å². The minimum absolute atomic E-state index is 0.00543. The standard InChI is InChI=1S/C23H27Cl2NO4.C22H23Cl2NO5/c1-5-29-21(27)14-18(26-22(28)30-23(2,3)4)12-15-6-8-16(9-7-15)19-13-17(24)10-11-20(19)25;1-2-30-22(29)13-17(25-20(26)9-10-21(27)28)11-14-3-5-15(6-4-14)18-12-16(23)7-8-19(18)24/h6-11,13,18H,5,12,14H2,1-4H3,(H,26,28);3-8,12,17H,2,9-11,13H2,1H3,(H,25,26)(H,27,28)/t18-;17-/m11/s1. The first-order valence-electron chi connectivity index (χ1n) is 19.3. The second-order valence-electron chi connectivity index (χ2n) is 14.6. The van der Waals surface area contributed by atoms with E-state index in [4.69, 9.17) is 65.7 Å². The maximum absolute atomic E-state index is 12.2. The highest BCUT2D eigenvalue weighted by Crippen LogP contribution is 2.32. The molecule has 4 aromatic rings. The molecular formula is C45H50Cl4N2O9. The quantitative estimate of drug-likeness (QED) is 0.0693. The van der Waals surface area contributed by atoms with Gasteiger partial charge in [-0.15, -0.1) is 0 Å². The first-order valence-corrected chi connectivity index (χ1v) is 20.8. The van der Waals surface area contributed by atoms with E-state index in [1.807, 2.05) is 54.6 Å². The van der Waals surface area contributed by atoms with Crippen molar-refractivity contribution in [1.82, 2.24) is 10.6 Å². The Bertz CT molecular complexity index is 2070. The minimum Gasteiger partial charge on any atom is -0.481 e. The molecule has 0 heterocycles. The highest BCUT2D eigenvalue weighted by Gasteiger charge is 2.23. The fraction of sp³-hybridized carbons (Fsp3) is 0.356. The Labute approximate surface area is 371 Å². The van der Waals surface area contributed by atoms with Crippen LogP contribution in [-0.2, 0) is 46.2 Å². The maximum Gasteiger partial charge on any atom is 0.407 e. The number of alkyl carbamates (subject to hydrolysis) is 1. The van der Waals surface area contributed by atoms with Gasteiger partial charge in [0.1, 0.15) is 5.60 Å². The van der Waals surface area contributed by atoms with Crippen LogP contribution in [0.25, 0.3) is 22.3 Å². The number of esters is 2. The first kappa shape index (κ1) is 49.6. The molecule has 322 valence electrons. The summed E-state index contributed by atoms with van der Waals surface area (Å²) in [6, 6.07) is 24.8. The number of hydrogen-bond donors (Lipinski definition) is 3. The summed E-state index contributed by atoms with van der Waals surface area (Å²) in [4.78, 5) is 58.8. The number of amides is 2. The van der Waals surface area contributed by atoms with Crippen LogP contribution in [0.4, 0.5) is 4.79 Å². The van der Waals surface area contributed by atoms with Gasteiger partial charge in [0.25, 0.3) is 0 Å². The maximum atomic E-state index is 12.2. The van der Waals surface area contributed by atoms with Crippen LogP contribution in [-0.4, -0.2) is 65.9 Å². The smallest absolute Gasteiger partial charge is 0.407 e. The van der Waals surface area contributed by atoms with Crippen molar-refractivity contribution in [1.29, 1.82) is 0 Å². The van der Waals surface area contributed by atoms with Gasteiger partial charge in [0.05, 0.1) is 32.5 Å². The molecule has 4 rings (SSSR count). The van der Waals surface area contributed by atoms with Gasteiger partial charge in [-0.25, -0.2) is 4.79 Å². The Kier molecular flexibility index (Phi) is 20.2. The lowest BCUT2D eigenvalue weighted by molar-refractivity contribution is -0.144. The molecule has 0 aliphatic rings. The summed E-state index contributed by atoms with van der Waals surface area (Å²) >= 11 is 24.7. The number of rotatable bonds is 17. The first-order chi connectivity index (χ1) is 28.3. The minimum atomic E-state index is -1.05. The molecule has 0 fully saturated rings. The van der Waals surface area contributed by atoms with Crippen molar-refractivity contribution in [2.75, 3.05) is 13.2 Å². The SMILES string of the molecule is CCOC(=O)C[C@@H](Cc1ccc(-c2cc(Cl)ccc2Cl)cc1)NC(=O)CCC(=O)O.CCOC(=O)C[C@@H](Cc1ccc(-c2cc(Cl)ccc2Cl)cc1)NC(=O)OC(C)(C)C. The second-order valence-corrected chi connectivity index (χ2v) is 16.3. The molecule has 15 heteroatoms. The third kappa shape index (κ3) is 18.2. The van der Waals surface area contributed by atoms with E-state index in [1.165, 1.54) is 0 Å². The molecule has 2 atom stereocenters. The molecule has 0 saturated heterocycles. The average Bonchev–Trinajstić information content (AvgIpc) is 3.16. The third-order valence-corrected chi connectivity index (χ3v) is 9.57. The van der Waals surface area contributed by atoms with Gasteiger partial charge in [-0.3, -0.25) is 19.2 Å². The molecule has 0 spiro atoms. The molecule has 2 amide bonds. The molecular weight excluding hydrogens is 854 g/mol. The monoisotopic (exact) mass is 902 g/mol. The van der Waals surface area contributed by atoms with Crippen LogP contribution in [0.3, 0.4) is 0 Å². The van der Waals surface area contributed by atoms with E-state index in [0.717, 1.165) is 33.4 Å². The van der Waals surface area contributed by atoms with Gasteiger partial charge in [0.2, 0.25) is 5.91 Å². The predicted octanol–water partition coefficient (Wildman–Crippen LogP) is 10.6. The predicted molar refractivity (Wildman–Crippen MR) is 236 cm³/mol. The molecule has 0 radical (unpaired) electrons. The van der Waals surface area contributed by atoms with Crippen molar-refractivity contribution in [3.05, 3.63) is 116 Å². The zero-order valence-corrected chi connectivity index (χ0v) is 37.1. The van der Waals surface area contributed by atoms with E-state index < -0.39 is 41.6 Å². The van der Waals surface area contributed by atoms with Crippen molar-refractivity contribution < 1.29 is 43.3 Å². The van der Waals surface area contributed by atoms with Crippen LogP contribution in [0.5, 0.6) is 0 Å². The van der Waals surface area contributed by atoms with Gasteiger partial charge >= 0.3 is 24.0 Å². The van der Waals surface area contributed by atoms with Gasteiger partial charge in [-0.05, 0) is 106 Å². The van der Waals surface area contributed by atoms with Crippen molar-refractivity contribution in [2.45, 2.75) is 90.8 Å². The van der Waals surface area contributed by atoms with Crippen LogP contribution < -0.4 is 10.6 Å². The van der Waals surface area contributed by atoms with E-state index >= 15 is 0 Å². The summed E-state index contributed by atoms with van der Waals surface area (Å²) in [6.45, 7) is 9.33. The third-order valence-electron chi connectivity index (χ3n) is 8.44. The van der Waals surface area contributed by atoms with E-state index in [1.54, 1.807) is 65.0 Å². The summed E-state index contributed by atoms with van der Waals surface area (Å²) in [7, 11) is 0. The number of aliphatic carboxylic acids is 1. The molecule has 11 nitrogen and oxygen atoms in total. The summed E-state index contributed by atoms with van der Waals surface area (Å²) in [6.07, 6.45) is -0.112. The highest BCUT2D eigenvalue weighted by atomic mass is 35.5. The second kappa shape index (κ2) is 24.4. The number of nitrogens with one attached hydrogen (secondary N) is 2. The van der Waals surface area contributed by atoms with E-state index in [2.05, 4.69) is 10.6 Å². The van der Waals surface area contributed by atoms with Crippen LogP contribution in [0.1, 0.15) is 71.4 Å². The number of carbonyl (C=O) groups is 5. The molecule has 0 aromatic heterocycles. The number of carbonyl (C=O) groups excluding carboxylic acids is 4. The van der Waals surface area contributed by atoms with Crippen LogP contribution >= 0.6 is 46.4 Å². The summed E-state index contributed by atoms with van der Waals surface area (Å²) in [5.41, 5.74) is 4.67. The Hall–Kier alpha value is -4.81. The van der Waals surface area contributed by atoms with Gasteiger partial charge < -0.3 is 30.0 Å². The number of hydrogen-bond acceptors (Lipinski definition) is 8. The molecule has 0 saturated carbocycles. The molecule has 60 heavy (non-hydrogen) atoms. The van der Waals surface area contributed by atoms with Crippen LogP contribution in [0.15, 0.2) is 84.9 Å². The van der Waals surface area contributed by atoms with E-state index in [9.17, 15) is 24.0 Å². The summed E-state index contributed by atoms with van der Waals surface area (Å²) in [5, 5.41) is 16.6. The van der Waals surface area contributed by atoms with Crippen molar-refractivity contribution in [2.24, 2.45) is 0 Å². The lowest BCUT2D eigenvalue weighted by Gasteiger charge is -2.23. The normalized spacial score (nSPS) is 11.9. The van der Waals surface area contributed by atoms with Crippen molar-refractivity contribution >= 4 is 76.3 Å². The average molecular weight is 905 g/mol. The Morgan fingerprint density at radius 2 is 1.03 bits per heavy atom. The largest absolute Gasteiger partial charge is 0.481 e. The molecule has 4 aromatic carbocycles. The zero-order valence-electron chi connectivity index (χ0n) is 34.1. The topological polar surface area (TPSA) is 157 Å². The molecule has 3 N–H and O–H groups in total. The summed E-state index contributed by atoms with van der Waals surface area (Å²) < 4.78 is 15.3. The number of carboxylic acid groups (broad SMARTS) is 1. The number of ether oxygens (including phenoxy) is 3. The Morgan fingerprint density at radius 1 is 0.617 bits per heavy atom. The summed E-state index contributed by atoms with van der Waals surface area (Å²) in [5.74, 6) is -2.28. The molecule has 0 unspecified atom stereocenters. The van der Waals surface area contributed by atoms with Gasteiger partial charge in [0.15, 0.2) is 0 Å². The Morgan fingerprint density at radius 3 is 1.42 bits per heavy atom. The highest BCUT2D eigenvalue weighted by molar-refractivity contribution is 6.36. The van der Waals surface area contributed by atoms with E-state index in [-0.39, 0.29) is 44.9 Å². The lowest BCUT2D eigenvalue weighted by atomic mass is 9.99.